The van der Waals surface area contributed by atoms with Gasteiger partial charge in [0, 0.05) is 43.1 Å². The standard InChI is InChI=1S/C30H31F3N4O3S2/c31-21-5-1-20(2-6-21)28-35-25(23-9-10-30(32,33)17-24(23)27(38)36-29(18-34)11-12-29)26(41-28)19-3-7-22(8-4-19)37-13-15-42(39,40)16-14-37/h1-8,23-24,39-40H,9-17H2,(H,36,38)/t23-,24-/m1/s1. The van der Waals surface area contributed by atoms with Crippen LogP contribution in [0.3, 0.4) is 0 Å². The van der Waals surface area contributed by atoms with Crippen molar-refractivity contribution in [3.8, 4) is 27.1 Å². The lowest BCUT2D eigenvalue weighted by molar-refractivity contribution is -0.134. The van der Waals surface area contributed by atoms with Gasteiger partial charge in [-0.25, -0.2) is 18.2 Å². The minimum Gasteiger partial charge on any atom is -0.368 e. The van der Waals surface area contributed by atoms with E-state index in [2.05, 4.69) is 16.3 Å². The van der Waals surface area contributed by atoms with Crippen molar-refractivity contribution in [2.24, 2.45) is 5.92 Å². The molecule has 1 aromatic heterocycles. The quantitative estimate of drug-likeness (QED) is 0.279. The molecule has 222 valence electrons. The number of rotatable bonds is 6. The molecule has 0 bridgehead atoms. The molecule has 6 rings (SSSR count). The van der Waals surface area contributed by atoms with Crippen LogP contribution in [0.5, 0.6) is 0 Å². The lowest BCUT2D eigenvalue weighted by Gasteiger charge is -2.41. The number of carbonyl (C=O) groups excluding carboxylic acids is 1. The van der Waals surface area contributed by atoms with Crippen molar-refractivity contribution in [2.75, 3.05) is 29.5 Å². The number of benzene rings is 2. The second kappa shape index (κ2) is 10.9. The zero-order valence-corrected chi connectivity index (χ0v) is 24.4. The Kier molecular flexibility index (Phi) is 7.50. The van der Waals surface area contributed by atoms with Gasteiger partial charge in [-0.3, -0.25) is 13.9 Å². The number of halogens is 3. The molecule has 12 heteroatoms. The Morgan fingerprint density at radius 1 is 1.05 bits per heavy atom. The van der Waals surface area contributed by atoms with Gasteiger partial charge in [0.2, 0.25) is 11.8 Å². The predicted octanol–water partition coefficient (Wildman–Crippen LogP) is 6.88. The molecule has 2 saturated carbocycles. The minimum absolute atomic E-state index is 0.0580. The molecule has 7 nitrogen and oxygen atoms in total. The maximum Gasteiger partial charge on any atom is 0.249 e. The lowest BCUT2D eigenvalue weighted by Crippen LogP contribution is -2.45. The summed E-state index contributed by atoms with van der Waals surface area (Å²) in [6.07, 6.45) is 0.0636. The topological polar surface area (TPSA) is 109 Å². The number of nitrogens with one attached hydrogen (secondary N) is 1. The molecule has 1 saturated heterocycles. The summed E-state index contributed by atoms with van der Waals surface area (Å²) < 4.78 is 63.0. The van der Waals surface area contributed by atoms with E-state index < -0.39 is 46.2 Å². The van der Waals surface area contributed by atoms with Crippen LogP contribution in [0.4, 0.5) is 18.9 Å². The number of anilines is 1. The first-order valence-corrected chi connectivity index (χ1v) is 16.6. The molecule has 42 heavy (non-hydrogen) atoms. The van der Waals surface area contributed by atoms with Crippen molar-refractivity contribution in [3.63, 3.8) is 0 Å². The fourth-order valence-electron chi connectivity index (χ4n) is 5.77. The highest BCUT2D eigenvalue weighted by atomic mass is 32.3. The Morgan fingerprint density at radius 2 is 1.69 bits per heavy atom. The average Bonchev–Trinajstić information content (AvgIpc) is 3.60. The van der Waals surface area contributed by atoms with Crippen LogP contribution < -0.4 is 10.2 Å². The first-order chi connectivity index (χ1) is 20.0. The van der Waals surface area contributed by atoms with Gasteiger partial charge in [0.25, 0.3) is 0 Å². The Hall–Kier alpha value is -3.11. The zero-order chi connectivity index (χ0) is 29.7. The van der Waals surface area contributed by atoms with Gasteiger partial charge in [-0.2, -0.15) is 15.9 Å². The van der Waals surface area contributed by atoms with E-state index in [-0.39, 0.29) is 18.7 Å². The maximum absolute atomic E-state index is 14.7. The third kappa shape index (κ3) is 6.01. The number of aromatic nitrogens is 1. The van der Waals surface area contributed by atoms with E-state index in [0.717, 1.165) is 16.1 Å². The van der Waals surface area contributed by atoms with Crippen LogP contribution in [0.15, 0.2) is 48.5 Å². The van der Waals surface area contributed by atoms with E-state index in [1.165, 1.54) is 23.5 Å². The number of nitriles is 1. The monoisotopic (exact) mass is 616 g/mol. The van der Waals surface area contributed by atoms with E-state index in [0.29, 0.717) is 53.7 Å². The predicted molar refractivity (Wildman–Crippen MR) is 158 cm³/mol. The van der Waals surface area contributed by atoms with E-state index >= 15 is 0 Å². The summed E-state index contributed by atoms with van der Waals surface area (Å²) in [7, 11) is -2.52. The van der Waals surface area contributed by atoms with E-state index in [1.54, 1.807) is 12.1 Å². The van der Waals surface area contributed by atoms with Crippen LogP contribution in [0.2, 0.25) is 0 Å². The Balaban J connectivity index is 1.36. The maximum atomic E-state index is 14.7. The molecular formula is C30H31F3N4O3S2. The molecule has 2 aliphatic carbocycles. The van der Waals surface area contributed by atoms with Crippen LogP contribution in [0, 0.1) is 23.1 Å². The van der Waals surface area contributed by atoms with Crippen molar-refractivity contribution >= 4 is 33.5 Å². The number of hydrogen-bond donors (Lipinski definition) is 3. The van der Waals surface area contributed by atoms with Gasteiger partial charge in [0.1, 0.15) is 16.4 Å². The first kappa shape index (κ1) is 29.0. The SMILES string of the molecule is N#CC1(NC(=O)[C@@H]2CC(F)(F)CC[C@H]2c2nc(-c3ccc(F)cc3)sc2-c2ccc(N3CCS(O)(O)CC3)cc2)CC1. The second-order valence-corrected chi connectivity index (χ2v) is 14.9. The van der Waals surface area contributed by atoms with Crippen molar-refractivity contribution in [1.82, 2.24) is 10.3 Å². The number of nitrogens with zero attached hydrogens (tertiary/aromatic N) is 3. The summed E-state index contributed by atoms with van der Waals surface area (Å²) in [5.41, 5.74) is 2.00. The Morgan fingerprint density at radius 3 is 2.31 bits per heavy atom. The molecule has 2 heterocycles. The lowest BCUT2D eigenvalue weighted by atomic mass is 9.74. The fourth-order valence-corrected chi connectivity index (χ4v) is 8.15. The Labute approximate surface area is 247 Å². The smallest absolute Gasteiger partial charge is 0.249 e. The van der Waals surface area contributed by atoms with Crippen LogP contribution in [0.25, 0.3) is 21.0 Å². The highest BCUT2D eigenvalue weighted by Crippen LogP contribution is 2.50. The van der Waals surface area contributed by atoms with Gasteiger partial charge in [0.05, 0.1) is 34.1 Å². The largest absolute Gasteiger partial charge is 0.368 e. The molecule has 0 radical (unpaired) electrons. The molecule has 0 spiro atoms. The third-order valence-electron chi connectivity index (χ3n) is 8.46. The van der Waals surface area contributed by atoms with E-state index in [1.807, 2.05) is 24.3 Å². The number of alkyl halides is 2. The molecule has 3 fully saturated rings. The average molecular weight is 617 g/mol. The number of hydrogen-bond acceptors (Lipinski definition) is 7. The summed E-state index contributed by atoms with van der Waals surface area (Å²) in [5, 5.41) is 12.8. The third-order valence-corrected chi connectivity index (χ3v) is 11.3. The summed E-state index contributed by atoms with van der Waals surface area (Å²) in [4.78, 5) is 21.1. The summed E-state index contributed by atoms with van der Waals surface area (Å²) in [5.74, 6) is -4.96. The molecule has 2 atom stereocenters. The van der Waals surface area contributed by atoms with Crippen LogP contribution in [0.1, 0.15) is 43.7 Å². The molecule has 3 aliphatic rings. The summed E-state index contributed by atoms with van der Waals surface area (Å²) in [6, 6.07) is 15.8. The van der Waals surface area contributed by atoms with Gasteiger partial charge < -0.3 is 10.2 Å². The highest BCUT2D eigenvalue weighted by molar-refractivity contribution is 8.24. The van der Waals surface area contributed by atoms with Crippen molar-refractivity contribution < 1.29 is 27.1 Å². The van der Waals surface area contributed by atoms with Crippen molar-refractivity contribution in [3.05, 3.63) is 60.0 Å². The molecule has 3 N–H and O–H groups in total. The molecule has 1 amide bonds. The molecule has 2 aromatic carbocycles. The molecule has 0 unspecified atom stereocenters. The van der Waals surface area contributed by atoms with E-state index in [4.69, 9.17) is 4.98 Å². The van der Waals surface area contributed by atoms with Crippen molar-refractivity contribution in [2.45, 2.75) is 49.5 Å². The van der Waals surface area contributed by atoms with Crippen LogP contribution >= 0.6 is 21.9 Å². The van der Waals surface area contributed by atoms with Crippen LogP contribution in [-0.2, 0) is 4.79 Å². The second-order valence-electron chi connectivity index (χ2n) is 11.5. The number of carbonyl (C=O) groups is 1. The molecule has 1 aliphatic heterocycles. The summed E-state index contributed by atoms with van der Waals surface area (Å²) in [6.45, 7) is 1.05. The summed E-state index contributed by atoms with van der Waals surface area (Å²) >= 11 is 1.37. The minimum atomic E-state index is -3.00. The van der Waals surface area contributed by atoms with Crippen molar-refractivity contribution in [1.29, 1.82) is 5.26 Å². The van der Waals surface area contributed by atoms with Gasteiger partial charge in [-0.15, -0.1) is 11.3 Å². The molecule has 3 aromatic rings. The van der Waals surface area contributed by atoms with Gasteiger partial charge in [0.15, 0.2) is 0 Å². The highest BCUT2D eigenvalue weighted by Gasteiger charge is 2.51. The van der Waals surface area contributed by atoms with Gasteiger partial charge in [-0.1, -0.05) is 12.1 Å². The molecular weight excluding hydrogens is 585 g/mol. The van der Waals surface area contributed by atoms with Gasteiger partial charge in [-0.05, 0) is 61.2 Å². The van der Waals surface area contributed by atoms with E-state index in [9.17, 15) is 32.3 Å². The van der Waals surface area contributed by atoms with Gasteiger partial charge >= 0.3 is 0 Å². The Bertz CT molecular complexity index is 1510. The fraction of sp³-hybridized carbons (Fsp3) is 0.433. The first-order valence-electron chi connectivity index (χ1n) is 13.9. The number of thiazole rings is 1. The van der Waals surface area contributed by atoms with Crippen LogP contribution in [-0.4, -0.2) is 56.1 Å². The number of amides is 1. The zero-order valence-electron chi connectivity index (χ0n) is 22.7. The normalized spacial score (nSPS) is 24.8.